The van der Waals surface area contributed by atoms with Crippen molar-refractivity contribution in [2.75, 3.05) is 12.3 Å². The summed E-state index contributed by atoms with van der Waals surface area (Å²) in [5.74, 6) is 0.172. The highest BCUT2D eigenvalue weighted by atomic mass is 16.8. The number of aliphatic hydroxyl groups is 1. The molecular weight excluding hydrogens is 252 g/mol. The third-order valence-corrected chi connectivity index (χ3v) is 3.37. The molecule has 0 radical (unpaired) electrons. The van der Waals surface area contributed by atoms with Crippen LogP contribution < -0.4 is 5.73 Å². The lowest BCUT2D eigenvalue weighted by molar-refractivity contribution is -0.190. The second-order valence-corrected chi connectivity index (χ2v) is 5.30. The molecule has 0 saturated carbocycles. The largest absolute Gasteiger partial charge is 0.394 e. The summed E-state index contributed by atoms with van der Waals surface area (Å²) in [7, 11) is 0. The van der Waals surface area contributed by atoms with Gasteiger partial charge in [-0.25, -0.2) is 0 Å². The number of nitrogens with two attached hydrogens (primary N) is 1. The van der Waals surface area contributed by atoms with Crippen LogP contribution in [-0.2, 0) is 20.6 Å². The van der Waals surface area contributed by atoms with E-state index in [2.05, 4.69) is 15.2 Å². The molecule has 0 bridgehead atoms. The molecule has 19 heavy (non-hydrogen) atoms. The molecule has 2 aliphatic rings. The number of aromatic amines is 1. The van der Waals surface area contributed by atoms with Gasteiger partial charge in [0.15, 0.2) is 5.79 Å². The summed E-state index contributed by atoms with van der Waals surface area (Å²) in [6.07, 6.45) is -0.613. The third-order valence-electron chi connectivity index (χ3n) is 3.37. The highest BCUT2D eigenvalue weighted by Gasteiger charge is 2.54. The Bertz CT molecular complexity index is 463. The maximum atomic E-state index is 9.35. The van der Waals surface area contributed by atoms with Crippen LogP contribution in [-0.4, -0.2) is 57.1 Å². The molecule has 0 unspecified atom stereocenters. The smallest absolute Gasteiger partial charge is 0.239 e. The summed E-state index contributed by atoms with van der Waals surface area (Å²) in [6, 6.07) is 0. The number of ether oxygens (including phenoxy) is 3. The number of aromatic nitrogens is 3. The number of fused-ring (bicyclic) bond motifs is 1. The van der Waals surface area contributed by atoms with Gasteiger partial charge in [-0.1, -0.05) is 0 Å². The molecule has 4 N–H and O–H groups in total. The molecule has 8 nitrogen and oxygen atoms in total. The first-order valence-corrected chi connectivity index (χ1v) is 6.27. The summed E-state index contributed by atoms with van der Waals surface area (Å²) in [5.41, 5.74) is 5.47. The maximum Gasteiger partial charge on any atom is 0.239 e. The zero-order valence-electron chi connectivity index (χ0n) is 10.9. The van der Waals surface area contributed by atoms with Crippen LogP contribution in [0.15, 0.2) is 0 Å². The van der Waals surface area contributed by atoms with Gasteiger partial charge in [0.25, 0.3) is 0 Å². The van der Waals surface area contributed by atoms with Gasteiger partial charge in [-0.3, -0.25) is 5.10 Å². The number of nitrogen functional groups attached to an aromatic ring is 1. The van der Waals surface area contributed by atoms with E-state index < -0.39 is 5.79 Å². The van der Waals surface area contributed by atoms with Gasteiger partial charge in [-0.05, 0) is 13.8 Å². The first-order valence-electron chi connectivity index (χ1n) is 6.27. The van der Waals surface area contributed by atoms with E-state index in [1.807, 2.05) is 13.8 Å². The SMILES string of the molecule is CC1(C)O[C@@H]2[C@H](O1)[C@@H](CO)O[C@H]2Cc1nc(N)n[nH]1. The number of hydrogen-bond acceptors (Lipinski definition) is 7. The minimum atomic E-state index is -0.661. The van der Waals surface area contributed by atoms with Gasteiger partial charge in [-0.2, -0.15) is 4.98 Å². The predicted molar refractivity (Wildman–Crippen MR) is 64.1 cm³/mol. The average molecular weight is 270 g/mol. The Morgan fingerprint density at radius 3 is 2.58 bits per heavy atom. The maximum absolute atomic E-state index is 9.35. The first-order chi connectivity index (χ1) is 8.98. The number of H-pyrrole nitrogens is 1. The van der Waals surface area contributed by atoms with E-state index in [9.17, 15) is 5.11 Å². The number of nitrogens with one attached hydrogen (secondary N) is 1. The molecule has 0 amide bonds. The molecule has 3 rings (SSSR count). The summed E-state index contributed by atoms with van der Waals surface area (Å²) in [5, 5.41) is 15.9. The zero-order chi connectivity index (χ0) is 13.6. The lowest BCUT2D eigenvalue weighted by Crippen LogP contribution is -2.32. The Morgan fingerprint density at radius 1 is 1.32 bits per heavy atom. The van der Waals surface area contributed by atoms with Gasteiger partial charge >= 0.3 is 0 Å². The summed E-state index contributed by atoms with van der Waals surface area (Å²) in [6.45, 7) is 3.60. The van der Waals surface area contributed by atoms with Gasteiger partial charge in [0.2, 0.25) is 5.95 Å². The van der Waals surface area contributed by atoms with Gasteiger partial charge in [0.1, 0.15) is 24.1 Å². The molecule has 1 aromatic rings. The molecule has 3 heterocycles. The second kappa shape index (κ2) is 4.41. The molecule has 2 aliphatic heterocycles. The molecule has 8 heteroatoms. The molecule has 2 saturated heterocycles. The molecule has 4 atom stereocenters. The number of nitrogens with zero attached hydrogens (tertiary/aromatic N) is 2. The van der Waals surface area contributed by atoms with Crippen molar-refractivity contribution >= 4 is 5.95 Å². The number of rotatable bonds is 3. The molecule has 0 spiro atoms. The van der Waals surface area contributed by atoms with E-state index in [4.69, 9.17) is 19.9 Å². The highest BCUT2D eigenvalue weighted by molar-refractivity contribution is 5.13. The summed E-state index contributed by atoms with van der Waals surface area (Å²) >= 11 is 0. The van der Waals surface area contributed by atoms with Crippen LogP contribution in [0.3, 0.4) is 0 Å². The Morgan fingerprint density at radius 2 is 2.00 bits per heavy atom. The van der Waals surface area contributed by atoms with E-state index in [-0.39, 0.29) is 37.0 Å². The monoisotopic (exact) mass is 270 g/mol. The Hall–Kier alpha value is -1.22. The Kier molecular flexibility index (Phi) is 2.97. The van der Waals surface area contributed by atoms with Crippen LogP contribution in [0.25, 0.3) is 0 Å². The van der Waals surface area contributed by atoms with Gasteiger partial charge in [-0.15, -0.1) is 5.10 Å². The van der Waals surface area contributed by atoms with Gasteiger partial charge < -0.3 is 25.1 Å². The quantitative estimate of drug-likeness (QED) is 0.659. The summed E-state index contributed by atoms with van der Waals surface area (Å²) < 4.78 is 17.4. The van der Waals surface area contributed by atoms with Crippen LogP contribution in [0.2, 0.25) is 0 Å². The van der Waals surface area contributed by atoms with E-state index >= 15 is 0 Å². The number of aliphatic hydroxyl groups excluding tert-OH is 1. The molecule has 2 fully saturated rings. The standard InChI is InChI=1S/C11H18N4O4/c1-11(2)18-8-5(3-7-13-10(12)15-14-7)17-6(4-16)9(8)19-11/h5-6,8-9,16H,3-4H2,1-2H3,(H3,12,13,14,15)/t5-,6+,8-,9+/m0/s1. The molecule has 0 aliphatic carbocycles. The molecular formula is C11H18N4O4. The highest BCUT2D eigenvalue weighted by Crippen LogP contribution is 2.39. The fraction of sp³-hybridized carbons (Fsp3) is 0.818. The van der Waals surface area contributed by atoms with E-state index in [1.165, 1.54) is 0 Å². The van der Waals surface area contributed by atoms with Crippen molar-refractivity contribution < 1.29 is 19.3 Å². The van der Waals surface area contributed by atoms with E-state index in [0.717, 1.165) is 0 Å². The fourth-order valence-corrected chi connectivity index (χ4v) is 2.67. The lowest BCUT2D eigenvalue weighted by atomic mass is 10.1. The van der Waals surface area contributed by atoms with Crippen LogP contribution in [0, 0.1) is 0 Å². The number of anilines is 1. The van der Waals surface area contributed by atoms with Crippen molar-refractivity contribution in [1.29, 1.82) is 0 Å². The molecule has 0 aromatic carbocycles. The first kappa shape index (κ1) is 12.8. The third kappa shape index (κ3) is 2.32. The van der Waals surface area contributed by atoms with Crippen molar-refractivity contribution in [3.05, 3.63) is 5.82 Å². The molecule has 106 valence electrons. The van der Waals surface area contributed by atoms with Crippen LogP contribution in [0.5, 0.6) is 0 Å². The van der Waals surface area contributed by atoms with E-state index in [0.29, 0.717) is 12.2 Å². The Labute approximate surface area is 110 Å². The van der Waals surface area contributed by atoms with Crippen molar-refractivity contribution in [2.45, 2.75) is 50.5 Å². The van der Waals surface area contributed by atoms with Gasteiger partial charge in [0, 0.05) is 6.42 Å². The fourth-order valence-electron chi connectivity index (χ4n) is 2.67. The second-order valence-electron chi connectivity index (χ2n) is 5.30. The van der Waals surface area contributed by atoms with E-state index in [1.54, 1.807) is 0 Å². The minimum absolute atomic E-state index is 0.102. The van der Waals surface area contributed by atoms with Crippen molar-refractivity contribution in [3.8, 4) is 0 Å². The lowest BCUT2D eigenvalue weighted by Gasteiger charge is -2.23. The Balaban J connectivity index is 1.75. The van der Waals surface area contributed by atoms with Crippen LogP contribution >= 0.6 is 0 Å². The van der Waals surface area contributed by atoms with Crippen LogP contribution in [0.4, 0.5) is 5.95 Å². The topological polar surface area (TPSA) is 116 Å². The van der Waals surface area contributed by atoms with Crippen LogP contribution in [0.1, 0.15) is 19.7 Å². The predicted octanol–water partition coefficient (Wildman–Crippen LogP) is -0.791. The van der Waals surface area contributed by atoms with Crippen molar-refractivity contribution in [3.63, 3.8) is 0 Å². The van der Waals surface area contributed by atoms with Crippen molar-refractivity contribution in [1.82, 2.24) is 15.2 Å². The summed E-state index contributed by atoms with van der Waals surface area (Å²) in [4.78, 5) is 4.05. The normalized spacial score (nSPS) is 36.6. The average Bonchev–Trinajstić information content (AvgIpc) is 2.95. The number of hydrogen-bond donors (Lipinski definition) is 3. The minimum Gasteiger partial charge on any atom is -0.394 e. The van der Waals surface area contributed by atoms with Crippen molar-refractivity contribution in [2.24, 2.45) is 0 Å². The van der Waals surface area contributed by atoms with Gasteiger partial charge in [0.05, 0.1) is 12.7 Å². The zero-order valence-corrected chi connectivity index (χ0v) is 10.9. The molecule has 1 aromatic heterocycles.